The van der Waals surface area contributed by atoms with Crippen LogP contribution in [-0.2, 0) is 4.79 Å². The molecule has 2 N–H and O–H groups in total. The van der Waals surface area contributed by atoms with Crippen molar-refractivity contribution in [3.05, 3.63) is 29.8 Å². The average Bonchev–Trinajstić information content (AvgIpc) is 2.45. The molecule has 1 heterocycles. The highest BCUT2D eigenvalue weighted by Crippen LogP contribution is 2.27. The fourth-order valence-electron chi connectivity index (χ4n) is 2.63. The van der Waals surface area contributed by atoms with Gasteiger partial charge < -0.3 is 15.2 Å². The third-order valence-corrected chi connectivity index (χ3v) is 3.50. The van der Waals surface area contributed by atoms with Crippen molar-refractivity contribution in [2.75, 3.05) is 32.8 Å². The van der Waals surface area contributed by atoms with Crippen LogP contribution < -0.4 is 10.1 Å². The van der Waals surface area contributed by atoms with Gasteiger partial charge in [-0.15, -0.1) is 12.4 Å². The quantitative estimate of drug-likeness (QED) is 0.635. The molecule has 0 unspecified atom stereocenters. The summed E-state index contributed by atoms with van der Waals surface area (Å²) in [6, 6.07) is 7.75. The highest BCUT2D eigenvalue weighted by molar-refractivity contribution is 5.85. The van der Waals surface area contributed by atoms with Gasteiger partial charge in [0.25, 0.3) is 0 Å². The molecule has 2 rings (SSSR count). The number of esters is 1. The summed E-state index contributed by atoms with van der Waals surface area (Å²) in [6.07, 6.45) is 0.684. The van der Waals surface area contributed by atoms with Gasteiger partial charge in [0.15, 0.2) is 0 Å². The first-order valence-electron chi connectivity index (χ1n) is 7.04. The van der Waals surface area contributed by atoms with Crippen molar-refractivity contribution in [2.24, 2.45) is 0 Å². The van der Waals surface area contributed by atoms with E-state index in [1.54, 1.807) is 6.07 Å². The van der Waals surface area contributed by atoms with Crippen molar-refractivity contribution in [1.82, 2.24) is 10.2 Å². The van der Waals surface area contributed by atoms with Gasteiger partial charge in [0.1, 0.15) is 5.75 Å². The Morgan fingerprint density at radius 2 is 2.14 bits per heavy atom. The highest BCUT2D eigenvalue weighted by atomic mass is 35.5. The Hall–Kier alpha value is -1.14. The van der Waals surface area contributed by atoms with E-state index < -0.39 is 0 Å². The standard InChI is InChI=1S/C15H22N2O3.ClH/c1-12(19)20-14-4-2-3-13(11-14)15(5-10-18)17-8-6-16-7-9-17;/h2-4,11,15-16,18H,5-10H2,1H3;1H/t15-;/m0./s1. The van der Waals surface area contributed by atoms with E-state index in [4.69, 9.17) is 4.74 Å². The van der Waals surface area contributed by atoms with E-state index in [2.05, 4.69) is 10.2 Å². The molecule has 0 radical (unpaired) electrons. The maximum atomic E-state index is 11.0. The molecule has 6 heteroatoms. The lowest BCUT2D eigenvalue weighted by atomic mass is 10.0. The molecule has 1 aliphatic heterocycles. The zero-order valence-corrected chi connectivity index (χ0v) is 13.1. The molecule has 0 bridgehead atoms. The van der Waals surface area contributed by atoms with Crippen LogP contribution in [0.5, 0.6) is 5.75 Å². The van der Waals surface area contributed by atoms with Gasteiger partial charge in [-0.05, 0) is 24.1 Å². The van der Waals surface area contributed by atoms with Crippen LogP contribution in [-0.4, -0.2) is 48.8 Å². The van der Waals surface area contributed by atoms with Crippen LogP contribution >= 0.6 is 12.4 Å². The topological polar surface area (TPSA) is 61.8 Å². The van der Waals surface area contributed by atoms with Crippen LogP contribution in [0.15, 0.2) is 24.3 Å². The minimum absolute atomic E-state index is 0. The third-order valence-electron chi connectivity index (χ3n) is 3.50. The monoisotopic (exact) mass is 314 g/mol. The van der Waals surface area contributed by atoms with Crippen LogP contribution in [0.2, 0.25) is 0 Å². The summed E-state index contributed by atoms with van der Waals surface area (Å²) in [5.74, 6) is 0.246. The van der Waals surface area contributed by atoms with E-state index in [0.29, 0.717) is 12.2 Å². The summed E-state index contributed by atoms with van der Waals surface area (Å²) in [5.41, 5.74) is 1.08. The molecule has 118 valence electrons. The second-order valence-corrected chi connectivity index (χ2v) is 4.98. The highest BCUT2D eigenvalue weighted by Gasteiger charge is 2.22. The number of carbonyl (C=O) groups excluding carboxylic acids is 1. The van der Waals surface area contributed by atoms with Gasteiger partial charge in [-0.1, -0.05) is 12.1 Å². The number of hydrogen-bond acceptors (Lipinski definition) is 5. The molecule has 0 amide bonds. The number of halogens is 1. The predicted octanol–water partition coefficient (Wildman–Crippen LogP) is 1.36. The van der Waals surface area contributed by atoms with Gasteiger partial charge in [0, 0.05) is 45.8 Å². The van der Waals surface area contributed by atoms with Crippen LogP contribution in [0.3, 0.4) is 0 Å². The molecule has 21 heavy (non-hydrogen) atoms. The number of piperazine rings is 1. The van der Waals surface area contributed by atoms with Crippen molar-refractivity contribution in [2.45, 2.75) is 19.4 Å². The average molecular weight is 315 g/mol. The Kier molecular flexibility index (Phi) is 7.67. The smallest absolute Gasteiger partial charge is 0.308 e. The molecule has 0 aromatic heterocycles. The summed E-state index contributed by atoms with van der Waals surface area (Å²) in [6.45, 7) is 5.39. The zero-order valence-electron chi connectivity index (χ0n) is 12.2. The maximum Gasteiger partial charge on any atom is 0.308 e. The van der Waals surface area contributed by atoms with E-state index in [9.17, 15) is 9.90 Å². The predicted molar refractivity (Wildman–Crippen MR) is 83.9 cm³/mol. The number of benzene rings is 1. The van der Waals surface area contributed by atoms with Crippen LogP contribution in [0.4, 0.5) is 0 Å². The molecule has 1 fully saturated rings. The first-order chi connectivity index (χ1) is 9.70. The normalized spacial score (nSPS) is 16.9. The SMILES string of the molecule is CC(=O)Oc1cccc([C@H](CCO)N2CCNCC2)c1.Cl. The largest absolute Gasteiger partial charge is 0.427 e. The molecule has 1 aromatic carbocycles. The summed E-state index contributed by atoms with van der Waals surface area (Å²) < 4.78 is 5.14. The van der Waals surface area contributed by atoms with Crippen LogP contribution in [0, 0.1) is 0 Å². The maximum absolute atomic E-state index is 11.0. The fourth-order valence-corrected chi connectivity index (χ4v) is 2.63. The molecular weight excluding hydrogens is 292 g/mol. The van der Waals surface area contributed by atoms with Crippen LogP contribution in [0.1, 0.15) is 24.9 Å². The number of aliphatic hydroxyl groups is 1. The Labute approximate surface area is 131 Å². The number of aliphatic hydroxyl groups excluding tert-OH is 1. The lowest BCUT2D eigenvalue weighted by Gasteiger charge is -2.35. The van der Waals surface area contributed by atoms with E-state index in [0.717, 1.165) is 31.7 Å². The Balaban J connectivity index is 0.00000220. The zero-order chi connectivity index (χ0) is 14.4. The first kappa shape index (κ1) is 17.9. The number of carbonyl (C=O) groups is 1. The summed E-state index contributed by atoms with van der Waals surface area (Å²) in [7, 11) is 0. The summed E-state index contributed by atoms with van der Waals surface area (Å²) >= 11 is 0. The number of ether oxygens (including phenoxy) is 1. The molecule has 5 nitrogen and oxygen atoms in total. The Bertz CT molecular complexity index is 450. The number of hydrogen-bond donors (Lipinski definition) is 2. The minimum atomic E-state index is -0.317. The molecular formula is C15H23ClN2O3. The molecule has 1 aliphatic rings. The second kappa shape index (κ2) is 9.00. The van der Waals surface area contributed by atoms with E-state index in [-0.39, 0.29) is 31.0 Å². The van der Waals surface area contributed by atoms with E-state index in [1.165, 1.54) is 6.92 Å². The molecule has 1 aromatic rings. The van der Waals surface area contributed by atoms with Crippen molar-refractivity contribution in [3.8, 4) is 5.75 Å². The lowest BCUT2D eigenvalue weighted by Crippen LogP contribution is -2.45. The lowest BCUT2D eigenvalue weighted by molar-refractivity contribution is -0.131. The first-order valence-corrected chi connectivity index (χ1v) is 7.04. The van der Waals surface area contributed by atoms with Gasteiger partial charge >= 0.3 is 5.97 Å². The molecule has 0 spiro atoms. The van der Waals surface area contributed by atoms with E-state index >= 15 is 0 Å². The minimum Gasteiger partial charge on any atom is -0.427 e. The Morgan fingerprint density at radius 1 is 1.43 bits per heavy atom. The molecule has 1 atom stereocenters. The summed E-state index contributed by atoms with van der Waals surface area (Å²) in [4.78, 5) is 13.4. The molecule has 0 saturated carbocycles. The van der Waals surface area contributed by atoms with Crippen LogP contribution in [0.25, 0.3) is 0 Å². The number of nitrogens with zero attached hydrogens (tertiary/aromatic N) is 1. The van der Waals surface area contributed by atoms with Gasteiger partial charge in [-0.2, -0.15) is 0 Å². The van der Waals surface area contributed by atoms with Gasteiger partial charge in [-0.25, -0.2) is 0 Å². The van der Waals surface area contributed by atoms with Gasteiger partial charge in [-0.3, -0.25) is 9.69 Å². The van der Waals surface area contributed by atoms with Crippen molar-refractivity contribution in [3.63, 3.8) is 0 Å². The number of nitrogens with one attached hydrogen (secondary N) is 1. The van der Waals surface area contributed by atoms with Gasteiger partial charge in [0.05, 0.1) is 0 Å². The van der Waals surface area contributed by atoms with Gasteiger partial charge in [0.2, 0.25) is 0 Å². The fraction of sp³-hybridized carbons (Fsp3) is 0.533. The molecule has 0 aliphatic carbocycles. The second-order valence-electron chi connectivity index (χ2n) is 4.98. The van der Waals surface area contributed by atoms with Crippen molar-refractivity contribution >= 4 is 18.4 Å². The number of rotatable bonds is 5. The summed E-state index contributed by atoms with van der Waals surface area (Å²) in [5, 5.41) is 12.6. The third kappa shape index (κ3) is 5.28. The van der Waals surface area contributed by atoms with E-state index in [1.807, 2.05) is 18.2 Å². The Morgan fingerprint density at radius 3 is 2.76 bits per heavy atom. The van der Waals surface area contributed by atoms with Crippen molar-refractivity contribution in [1.29, 1.82) is 0 Å². The van der Waals surface area contributed by atoms with Crippen molar-refractivity contribution < 1.29 is 14.6 Å². The molecule has 1 saturated heterocycles.